The predicted molar refractivity (Wildman–Crippen MR) is 66.8 cm³/mol. The van der Waals surface area contributed by atoms with Gasteiger partial charge in [0.25, 0.3) is 0 Å². The topological polar surface area (TPSA) is 49.8 Å². The summed E-state index contributed by atoms with van der Waals surface area (Å²) in [5, 5.41) is 9.93. The first-order valence-corrected chi connectivity index (χ1v) is 5.99. The summed E-state index contributed by atoms with van der Waals surface area (Å²) in [4.78, 5) is 13.5. The largest absolute Gasteiger partial charge is 0.444 e. The van der Waals surface area contributed by atoms with E-state index < -0.39 is 11.2 Å². The second kappa shape index (κ2) is 4.69. The number of carbonyl (C=O) groups excluding carboxylic acids is 1. The molecule has 0 aromatic carbocycles. The van der Waals surface area contributed by atoms with Crippen molar-refractivity contribution in [1.82, 2.24) is 4.90 Å². The fraction of sp³-hybridized carbons (Fsp3) is 0.769. The summed E-state index contributed by atoms with van der Waals surface area (Å²) in [5.74, 6) is 0. The Balaban J connectivity index is 2.65. The van der Waals surface area contributed by atoms with Crippen LogP contribution < -0.4 is 0 Å². The number of amides is 1. The molecule has 17 heavy (non-hydrogen) atoms. The van der Waals surface area contributed by atoms with Crippen LogP contribution in [-0.4, -0.2) is 40.4 Å². The molecule has 0 spiro atoms. The Kier molecular flexibility index (Phi) is 3.87. The van der Waals surface area contributed by atoms with Crippen LogP contribution in [0.4, 0.5) is 4.79 Å². The summed E-state index contributed by atoms with van der Waals surface area (Å²) in [5.41, 5.74) is -0.483. The molecule has 1 rings (SSSR count). The minimum absolute atomic E-state index is 0.313. The Bertz CT molecular complexity index is 321. The third-order valence-corrected chi connectivity index (χ3v) is 2.59. The van der Waals surface area contributed by atoms with E-state index >= 15 is 0 Å². The molecular formula is C13H23NO3. The second-order valence-corrected chi connectivity index (χ2v) is 5.98. The number of aliphatic hydroxyl groups is 1. The molecule has 4 heteroatoms. The quantitative estimate of drug-likeness (QED) is 0.717. The first kappa shape index (κ1) is 14.0. The lowest BCUT2D eigenvalue weighted by molar-refractivity contribution is 0.0230. The van der Waals surface area contributed by atoms with Gasteiger partial charge in [-0.3, -0.25) is 0 Å². The van der Waals surface area contributed by atoms with Gasteiger partial charge in [0.15, 0.2) is 0 Å². The predicted octanol–water partition coefficient (Wildman–Crippen LogP) is 2.32. The molecule has 1 amide bonds. The second-order valence-electron chi connectivity index (χ2n) is 5.98. The van der Waals surface area contributed by atoms with E-state index in [4.69, 9.17) is 4.74 Å². The molecule has 0 aliphatic carbocycles. The minimum Gasteiger partial charge on any atom is -0.444 e. The van der Waals surface area contributed by atoms with Crippen LogP contribution in [0.25, 0.3) is 0 Å². The summed E-state index contributed by atoms with van der Waals surface area (Å²) in [6.07, 6.45) is 2.45. The van der Waals surface area contributed by atoms with Crippen molar-refractivity contribution in [2.45, 2.75) is 52.2 Å². The molecule has 98 valence electrons. The zero-order valence-electron chi connectivity index (χ0n) is 11.4. The average Bonchev–Trinajstić information content (AvgIpc) is 2.14. The lowest BCUT2D eigenvalue weighted by Gasteiger charge is -2.33. The molecule has 0 saturated carbocycles. The van der Waals surface area contributed by atoms with Crippen molar-refractivity contribution in [3.8, 4) is 0 Å². The maximum Gasteiger partial charge on any atom is 0.410 e. The van der Waals surface area contributed by atoms with Crippen LogP contribution >= 0.6 is 0 Å². The van der Waals surface area contributed by atoms with E-state index in [2.05, 4.69) is 0 Å². The Morgan fingerprint density at radius 1 is 1.35 bits per heavy atom. The zero-order chi connectivity index (χ0) is 13.3. The lowest BCUT2D eigenvalue weighted by Crippen LogP contribution is -2.43. The van der Waals surface area contributed by atoms with Crippen molar-refractivity contribution in [2.24, 2.45) is 0 Å². The van der Waals surface area contributed by atoms with E-state index in [1.54, 1.807) is 18.7 Å². The number of rotatable bonds is 1. The Labute approximate surface area is 103 Å². The van der Waals surface area contributed by atoms with Crippen molar-refractivity contribution >= 4 is 6.09 Å². The SMILES string of the molecule is CC(C)(C)OC(=O)N1CCC=C(C(C)(C)O)C1. The molecule has 0 bridgehead atoms. The first-order chi connectivity index (χ1) is 7.59. The third-order valence-electron chi connectivity index (χ3n) is 2.59. The molecule has 0 radical (unpaired) electrons. The van der Waals surface area contributed by atoms with Gasteiger partial charge in [-0.05, 0) is 46.6 Å². The summed E-state index contributed by atoms with van der Waals surface area (Å²) in [6.45, 7) is 10.1. The van der Waals surface area contributed by atoms with Crippen LogP contribution in [-0.2, 0) is 4.74 Å². The fourth-order valence-electron chi connectivity index (χ4n) is 1.67. The van der Waals surface area contributed by atoms with Crippen molar-refractivity contribution in [2.75, 3.05) is 13.1 Å². The summed E-state index contributed by atoms with van der Waals surface area (Å²) in [6, 6.07) is 0. The van der Waals surface area contributed by atoms with Gasteiger partial charge in [0, 0.05) is 13.1 Å². The molecule has 0 saturated heterocycles. The van der Waals surface area contributed by atoms with Crippen LogP contribution in [0.3, 0.4) is 0 Å². The van der Waals surface area contributed by atoms with Crippen molar-refractivity contribution in [1.29, 1.82) is 0 Å². The van der Waals surface area contributed by atoms with E-state index in [1.807, 2.05) is 26.8 Å². The van der Waals surface area contributed by atoms with Gasteiger partial charge >= 0.3 is 6.09 Å². The molecule has 1 aliphatic heterocycles. The van der Waals surface area contributed by atoms with Crippen LogP contribution in [0.2, 0.25) is 0 Å². The summed E-state index contributed by atoms with van der Waals surface area (Å²) >= 11 is 0. The highest BCUT2D eigenvalue weighted by atomic mass is 16.6. The van der Waals surface area contributed by atoms with E-state index in [-0.39, 0.29) is 6.09 Å². The number of nitrogens with zero attached hydrogens (tertiary/aromatic N) is 1. The maximum absolute atomic E-state index is 11.9. The number of ether oxygens (including phenoxy) is 1. The van der Waals surface area contributed by atoms with E-state index in [9.17, 15) is 9.90 Å². The van der Waals surface area contributed by atoms with Gasteiger partial charge < -0.3 is 14.7 Å². The van der Waals surface area contributed by atoms with E-state index in [0.29, 0.717) is 13.1 Å². The minimum atomic E-state index is -0.874. The number of carbonyl (C=O) groups is 1. The monoisotopic (exact) mass is 241 g/mol. The van der Waals surface area contributed by atoms with Crippen LogP contribution in [0.1, 0.15) is 41.0 Å². The highest BCUT2D eigenvalue weighted by molar-refractivity contribution is 5.68. The van der Waals surface area contributed by atoms with Gasteiger partial charge in [-0.2, -0.15) is 0 Å². The highest BCUT2D eigenvalue weighted by Crippen LogP contribution is 2.22. The fourth-order valence-corrected chi connectivity index (χ4v) is 1.67. The molecule has 0 aromatic rings. The number of hydrogen-bond acceptors (Lipinski definition) is 3. The zero-order valence-corrected chi connectivity index (χ0v) is 11.4. The molecule has 0 atom stereocenters. The van der Waals surface area contributed by atoms with Gasteiger partial charge in [0.2, 0.25) is 0 Å². The first-order valence-electron chi connectivity index (χ1n) is 5.99. The average molecular weight is 241 g/mol. The van der Waals surface area contributed by atoms with Gasteiger partial charge in [-0.25, -0.2) is 4.79 Å². The van der Waals surface area contributed by atoms with Crippen LogP contribution in [0.15, 0.2) is 11.6 Å². The van der Waals surface area contributed by atoms with E-state index in [0.717, 1.165) is 12.0 Å². The normalized spacial score (nSPS) is 17.8. The van der Waals surface area contributed by atoms with Gasteiger partial charge in [-0.1, -0.05) is 6.08 Å². The smallest absolute Gasteiger partial charge is 0.410 e. The Morgan fingerprint density at radius 2 is 1.94 bits per heavy atom. The Hall–Kier alpha value is -1.03. The van der Waals surface area contributed by atoms with Gasteiger partial charge in [0.05, 0.1) is 5.60 Å². The molecular weight excluding hydrogens is 218 g/mol. The number of hydrogen-bond donors (Lipinski definition) is 1. The standard InChI is InChI=1S/C13H23NO3/c1-12(2,3)17-11(15)14-8-6-7-10(9-14)13(4,5)16/h7,16H,6,8-9H2,1-5H3. The van der Waals surface area contributed by atoms with Crippen LogP contribution in [0.5, 0.6) is 0 Å². The van der Waals surface area contributed by atoms with Crippen molar-refractivity contribution < 1.29 is 14.6 Å². The molecule has 0 aromatic heterocycles. The molecule has 1 aliphatic rings. The lowest BCUT2D eigenvalue weighted by atomic mass is 9.94. The maximum atomic E-state index is 11.9. The molecule has 4 nitrogen and oxygen atoms in total. The van der Waals surface area contributed by atoms with Gasteiger partial charge in [0.1, 0.15) is 5.60 Å². The summed E-state index contributed by atoms with van der Waals surface area (Å²) < 4.78 is 5.32. The van der Waals surface area contributed by atoms with Gasteiger partial charge in [-0.15, -0.1) is 0 Å². The van der Waals surface area contributed by atoms with E-state index in [1.165, 1.54) is 0 Å². The summed E-state index contributed by atoms with van der Waals surface area (Å²) in [7, 11) is 0. The van der Waals surface area contributed by atoms with Crippen molar-refractivity contribution in [3.05, 3.63) is 11.6 Å². The Morgan fingerprint density at radius 3 is 2.41 bits per heavy atom. The molecule has 0 fully saturated rings. The van der Waals surface area contributed by atoms with Crippen molar-refractivity contribution in [3.63, 3.8) is 0 Å². The van der Waals surface area contributed by atoms with Crippen LogP contribution in [0, 0.1) is 0 Å². The molecule has 1 N–H and O–H groups in total. The molecule has 1 heterocycles. The highest BCUT2D eigenvalue weighted by Gasteiger charge is 2.29. The molecule has 0 unspecified atom stereocenters. The third kappa shape index (κ3) is 4.38.